The van der Waals surface area contributed by atoms with E-state index >= 15 is 0 Å². The first kappa shape index (κ1) is 14.9. The van der Waals surface area contributed by atoms with Gasteiger partial charge >= 0.3 is 5.97 Å². The van der Waals surface area contributed by atoms with Crippen molar-refractivity contribution in [2.75, 3.05) is 20.3 Å². The number of aliphatic hydroxyl groups is 1. The van der Waals surface area contributed by atoms with Crippen molar-refractivity contribution in [1.29, 1.82) is 0 Å². The summed E-state index contributed by atoms with van der Waals surface area (Å²) >= 11 is 0. The van der Waals surface area contributed by atoms with E-state index in [0.29, 0.717) is 13.2 Å². The van der Waals surface area contributed by atoms with Crippen molar-refractivity contribution in [2.45, 2.75) is 33.3 Å². The molecule has 13 heavy (non-hydrogen) atoms. The first-order valence-electron chi connectivity index (χ1n) is 4.35. The molecule has 4 nitrogen and oxygen atoms in total. The molecule has 0 saturated heterocycles. The molecule has 1 N–H and O–H groups in total. The highest BCUT2D eigenvalue weighted by molar-refractivity contribution is 5.66. The molecule has 0 aliphatic carbocycles. The maximum Gasteiger partial charge on any atom is 0.302 e. The molecule has 1 atom stereocenters. The van der Waals surface area contributed by atoms with Crippen LogP contribution in [0.15, 0.2) is 0 Å². The van der Waals surface area contributed by atoms with Gasteiger partial charge in [0.05, 0.1) is 6.61 Å². The zero-order valence-electron chi connectivity index (χ0n) is 8.87. The molecule has 0 radical (unpaired) electrons. The van der Waals surface area contributed by atoms with Crippen molar-refractivity contribution < 1.29 is 19.4 Å². The molecule has 0 aromatic carbocycles. The van der Waals surface area contributed by atoms with Crippen molar-refractivity contribution in [1.82, 2.24) is 0 Å². The van der Waals surface area contributed by atoms with Crippen LogP contribution in [-0.2, 0) is 14.3 Å². The predicted octanol–water partition coefficient (Wildman–Crippen LogP) is 0.973. The number of aliphatic hydroxyl groups excluding tert-OH is 1. The second-order valence-corrected chi connectivity index (χ2v) is 2.60. The number of esters is 1. The molecule has 0 heterocycles. The summed E-state index contributed by atoms with van der Waals surface area (Å²) in [6.07, 6.45) is 0.743. The first-order chi connectivity index (χ1) is 6.08. The van der Waals surface area contributed by atoms with Crippen LogP contribution in [-0.4, -0.2) is 37.5 Å². The van der Waals surface area contributed by atoms with E-state index in [1.807, 2.05) is 6.92 Å². The summed E-state index contributed by atoms with van der Waals surface area (Å²) in [6.45, 7) is 5.87. The van der Waals surface area contributed by atoms with Gasteiger partial charge in [-0.05, 0) is 13.3 Å². The number of hydrogen-bond donors (Lipinski definition) is 1. The Morgan fingerprint density at radius 3 is 2.23 bits per heavy atom. The predicted molar refractivity (Wildman–Crippen MR) is 50.5 cm³/mol. The number of carbonyl (C=O) groups is 1. The quantitative estimate of drug-likeness (QED) is 0.674. The Balaban J connectivity index is 0. The molecule has 1 unspecified atom stereocenters. The standard InChI is InChI=1S/C6H12O3.C3H8O/c1-5(4-8-3)9-6(2)7;1-2-3-4/h5H,4H2,1-3H3;4H,2-3H2,1H3. The summed E-state index contributed by atoms with van der Waals surface area (Å²) in [5.41, 5.74) is 0. The molecular formula is C9H20O4. The Morgan fingerprint density at radius 2 is 2.00 bits per heavy atom. The zero-order valence-corrected chi connectivity index (χ0v) is 8.87. The topological polar surface area (TPSA) is 55.8 Å². The second-order valence-electron chi connectivity index (χ2n) is 2.60. The third kappa shape index (κ3) is 18.4. The lowest BCUT2D eigenvalue weighted by atomic mass is 10.4. The Hall–Kier alpha value is -0.610. The van der Waals surface area contributed by atoms with Crippen molar-refractivity contribution in [2.24, 2.45) is 0 Å². The van der Waals surface area contributed by atoms with E-state index in [-0.39, 0.29) is 12.1 Å². The molecular weight excluding hydrogens is 172 g/mol. The van der Waals surface area contributed by atoms with Crippen LogP contribution in [0.1, 0.15) is 27.2 Å². The Labute approximate surface area is 79.8 Å². The highest BCUT2D eigenvalue weighted by atomic mass is 16.6. The fourth-order valence-electron chi connectivity index (χ4n) is 0.552. The molecule has 0 aliphatic heterocycles. The van der Waals surface area contributed by atoms with Gasteiger partial charge in [-0.2, -0.15) is 0 Å². The van der Waals surface area contributed by atoms with Gasteiger partial charge in [0.1, 0.15) is 6.10 Å². The summed E-state index contributed by atoms with van der Waals surface area (Å²) in [5.74, 6) is -0.264. The molecule has 0 spiro atoms. The van der Waals surface area contributed by atoms with E-state index < -0.39 is 0 Å². The van der Waals surface area contributed by atoms with Gasteiger partial charge in [0.15, 0.2) is 0 Å². The van der Waals surface area contributed by atoms with Gasteiger partial charge in [0.2, 0.25) is 0 Å². The van der Waals surface area contributed by atoms with Crippen LogP contribution in [0, 0.1) is 0 Å². The van der Waals surface area contributed by atoms with Crippen LogP contribution in [0.2, 0.25) is 0 Å². The minimum Gasteiger partial charge on any atom is -0.460 e. The highest BCUT2D eigenvalue weighted by Gasteiger charge is 2.02. The number of rotatable bonds is 4. The fraction of sp³-hybridized carbons (Fsp3) is 0.889. The van der Waals surface area contributed by atoms with Crippen LogP contribution < -0.4 is 0 Å². The molecule has 0 aromatic rings. The zero-order chi connectivity index (χ0) is 10.7. The van der Waals surface area contributed by atoms with Crippen LogP contribution in [0.25, 0.3) is 0 Å². The normalized spacial score (nSPS) is 11.2. The van der Waals surface area contributed by atoms with Gasteiger partial charge in [-0.15, -0.1) is 0 Å². The van der Waals surface area contributed by atoms with E-state index in [9.17, 15) is 4.79 Å². The maximum atomic E-state index is 10.3. The number of ether oxygens (including phenoxy) is 2. The SMILES string of the molecule is CCCO.COCC(C)OC(C)=O. The van der Waals surface area contributed by atoms with Crippen LogP contribution >= 0.6 is 0 Å². The lowest BCUT2D eigenvalue weighted by Gasteiger charge is -2.08. The number of carbonyl (C=O) groups excluding carboxylic acids is 1. The van der Waals surface area contributed by atoms with Gasteiger partial charge < -0.3 is 14.6 Å². The van der Waals surface area contributed by atoms with Gasteiger partial charge in [-0.25, -0.2) is 0 Å². The third-order valence-electron chi connectivity index (χ3n) is 0.992. The van der Waals surface area contributed by atoms with E-state index in [1.165, 1.54) is 6.92 Å². The van der Waals surface area contributed by atoms with E-state index in [4.69, 9.17) is 14.6 Å². The summed E-state index contributed by atoms with van der Waals surface area (Å²) < 4.78 is 9.45. The summed E-state index contributed by atoms with van der Waals surface area (Å²) in [4.78, 5) is 10.3. The van der Waals surface area contributed by atoms with Gasteiger partial charge in [0.25, 0.3) is 0 Å². The Bertz CT molecular complexity index is 112. The van der Waals surface area contributed by atoms with Crippen LogP contribution in [0.5, 0.6) is 0 Å². The van der Waals surface area contributed by atoms with Crippen LogP contribution in [0.3, 0.4) is 0 Å². The molecule has 0 bridgehead atoms. The average molecular weight is 192 g/mol. The minimum absolute atomic E-state index is 0.132. The average Bonchev–Trinajstić information content (AvgIpc) is 2.04. The van der Waals surface area contributed by atoms with E-state index in [2.05, 4.69) is 0 Å². The molecule has 0 amide bonds. The van der Waals surface area contributed by atoms with Crippen molar-refractivity contribution in [3.63, 3.8) is 0 Å². The minimum atomic E-state index is -0.264. The summed E-state index contributed by atoms with van der Waals surface area (Å²) in [7, 11) is 1.57. The lowest BCUT2D eigenvalue weighted by Crippen LogP contribution is -2.17. The third-order valence-corrected chi connectivity index (χ3v) is 0.992. The van der Waals surface area contributed by atoms with Crippen molar-refractivity contribution in [3.05, 3.63) is 0 Å². The summed E-state index contributed by atoms with van der Waals surface area (Å²) in [5, 5.41) is 7.88. The second kappa shape index (κ2) is 11.4. The molecule has 80 valence electrons. The molecule has 4 heteroatoms. The van der Waals surface area contributed by atoms with Crippen molar-refractivity contribution >= 4 is 5.97 Å². The number of methoxy groups -OCH3 is 1. The van der Waals surface area contributed by atoms with E-state index in [1.54, 1.807) is 14.0 Å². The van der Waals surface area contributed by atoms with Gasteiger partial charge in [0, 0.05) is 20.6 Å². The van der Waals surface area contributed by atoms with Gasteiger partial charge in [-0.3, -0.25) is 4.79 Å². The number of hydrogen-bond acceptors (Lipinski definition) is 4. The molecule has 0 fully saturated rings. The largest absolute Gasteiger partial charge is 0.460 e. The van der Waals surface area contributed by atoms with E-state index in [0.717, 1.165) is 6.42 Å². The lowest BCUT2D eigenvalue weighted by molar-refractivity contribution is -0.147. The molecule has 0 rings (SSSR count). The summed E-state index contributed by atoms with van der Waals surface area (Å²) in [6, 6.07) is 0. The van der Waals surface area contributed by atoms with Gasteiger partial charge in [-0.1, -0.05) is 6.92 Å². The fourth-order valence-corrected chi connectivity index (χ4v) is 0.552. The smallest absolute Gasteiger partial charge is 0.302 e. The van der Waals surface area contributed by atoms with Crippen LogP contribution in [0.4, 0.5) is 0 Å². The molecule has 0 aromatic heterocycles. The monoisotopic (exact) mass is 192 g/mol. The Morgan fingerprint density at radius 1 is 1.54 bits per heavy atom. The van der Waals surface area contributed by atoms with Crippen molar-refractivity contribution in [3.8, 4) is 0 Å². The Kier molecular flexibility index (Phi) is 13.0. The molecule has 0 aliphatic rings. The maximum absolute atomic E-state index is 10.3. The highest BCUT2D eigenvalue weighted by Crippen LogP contribution is 1.90. The molecule has 0 saturated carbocycles. The first-order valence-corrected chi connectivity index (χ1v) is 4.35.